The molecule has 188 valence electrons. The van der Waals surface area contributed by atoms with Gasteiger partial charge in [0.25, 0.3) is 11.7 Å². The van der Waals surface area contributed by atoms with Crippen molar-refractivity contribution >= 4 is 17.4 Å². The number of benzene rings is 2. The maximum Gasteiger partial charge on any atom is 0.295 e. The molecule has 6 heteroatoms. The molecule has 1 amide bonds. The van der Waals surface area contributed by atoms with Crippen LogP contribution in [0.15, 0.2) is 48.0 Å². The highest BCUT2D eigenvalue weighted by Gasteiger charge is 2.46. The number of carbonyl (C=O) groups is 2. The zero-order chi connectivity index (χ0) is 25.7. The van der Waals surface area contributed by atoms with Gasteiger partial charge in [-0.05, 0) is 68.0 Å². The number of ketones is 1. The first kappa shape index (κ1) is 26.5. The summed E-state index contributed by atoms with van der Waals surface area (Å²) in [6.45, 7) is 13.1. The minimum atomic E-state index is -0.691. The van der Waals surface area contributed by atoms with Gasteiger partial charge in [0.2, 0.25) is 0 Å². The maximum absolute atomic E-state index is 13.2. The van der Waals surface area contributed by atoms with Gasteiger partial charge >= 0.3 is 0 Å². The number of amides is 1. The first-order valence-corrected chi connectivity index (χ1v) is 12.4. The molecule has 0 saturated carbocycles. The van der Waals surface area contributed by atoms with Gasteiger partial charge in [-0.15, -0.1) is 0 Å². The Kier molecular flexibility index (Phi) is 8.73. The molecule has 3 rings (SSSR count). The number of aliphatic hydroxyl groups is 1. The van der Waals surface area contributed by atoms with Crippen molar-refractivity contribution in [2.75, 3.05) is 19.8 Å². The number of aryl methyl sites for hydroxylation is 1. The van der Waals surface area contributed by atoms with E-state index in [4.69, 9.17) is 9.47 Å². The van der Waals surface area contributed by atoms with Crippen molar-refractivity contribution in [2.45, 2.75) is 66.0 Å². The predicted octanol–water partition coefficient (Wildman–Crippen LogP) is 5.75. The number of hydrogen-bond acceptors (Lipinski definition) is 5. The summed E-state index contributed by atoms with van der Waals surface area (Å²) < 4.78 is 11.4. The fourth-order valence-electron chi connectivity index (χ4n) is 4.23. The highest BCUT2D eigenvalue weighted by molar-refractivity contribution is 6.46. The summed E-state index contributed by atoms with van der Waals surface area (Å²) in [5, 5.41) is 11.3. The van der Waals surface area contributed by atoms with Crippen molar-refractivity contribution in [2.24, 2.45) is 0 Å². The Bertz CT molecular complexity index is 1080. The topological polar surface area (TPSA) is 76.1 Å². The number of aliphatic hydroxyl groups excluding tert-OH is 1. The average Bonchev–Trinajstić information content (AvgIpc) is 3.07. The molecule has 2 aromatic carbocycles. The quantitative estimate of drug-likeness (QED) is 0.267. The van der Waals surface area contributed by atoms with Crippen LogP contribution in [0.3, 0.4) is 0 Å². The molecule has 1 heterocycles. The van der Waals surface area contributed by atoms with Gasteiger partial charge in [0.1, 0.15) is 11.5 Å². The zero-order valence-corrected chi connectivity index (χ0v) is 21.6. The lowest BCUT2D eigenvalue weighted by Gasteiger charge is -2.26. The first-order valence-electron chi connectivity index (χ1n) is 12.4. The molecule has 1 N–H and O–H groups in total. The summed E-state index contributed by atoms with van der Waals surface area (Å²) >= 11 is 0. The molecule has 2 aromatic rings. The SMILES string of the molecule is CCCOc1ccc(/C(O)=C2/C(=O)C(=O)N(CCOC(C)C)C2c2ccc(C(C)C)cc2)cc1C. The van der Waals surface area contributed by atoms with Crippen molar-refractivity contribution in [3.63, 3.8) is 0 Å². The molecule has 6 nitrogen and oxygen atoms in total. The third-order valence-corrected chi connectivity index (χ3v) is 6.15. The molecular formula is C29H37NO5. The van der Waals surface area contributed by atoms with Crippen LogP contribution in [0.1, 0.15) is 75.3 Å². The van der Waals surface area contributed by atoms with E-state index in [1.165, 1.54) is 4.90 Å². The van der Waals surface area contributed by atoms with Gasteiger partial charge in [0, 0.05) is 12.1 Å². The smallest absolute Gasteiger partial charge is 0.295 e. The molecule has 1 saturated heterocycles. The first-order chi connectivity index (χ1) is 16.6. The molecule has 1 atom stereocenters. The molecule has 0 bridgehead atoms. The Labute approximate surface area is 208 Å². The number of Topliss-reactive ketones (excluding diaryl/α,β-unsaturated/α-hetero) is 1. The van der Waals surface area contributed by atoms with E-state index in [-0.39, 0.29) is 24.0 Å². The zero-order valence-electron chi connectivity index (χ0n) is 21.6. The number of hydrogen-bond donors (Lipinski definition) is 1. The lowest BCUT2D eigenvalue weighted by Crippen LogP contribution is -2.33. The number of rotatable bonds is 10. The summed E-state index contributed by atoms with van der Waals surface area (Å²) in [4.78, 5) is 27.8. The van der Waals surface area contributed by atoms with Crippen molar-refractivity contribution in [3.05, 3.63) is 70.3 Å². The van der Waals surface area contributed by atoms with Gasteiger partial charge in [-0.3, -0.25) is 9.59 Å². The molecule has 35 heavy (non-hydrogen) atoms. The van der Waals surface area contributed by atoms with Crippen molar-refractivity contribution < 1.29 is 24.2 Å². The van der Waals surface area contributed by atoms with E-state index < -0.39 is 17.7 Å². The summed E-state index contributed by atoms with van der Waals surface area (Å²) in [5.74, 6) is -0.411. The normalized spacial score (nSPS) is 17.6. The van der Waals surface area contributed by atoms with Gasteiger partial charge in [0.15, 0.2) is 0 Å². The Morgan fingerprint density at radius 1 is 1.03 bits per heavy atom. The minimum Gasteiger partial charge on any atom is -0.507 e. The molecule has 1 aliphatic rings. The van der Waals surface area contributed by atoms with Crippen LogP contribution in [-0.2, 0) is 14.3 Å². The molecule has 1 unspecified atom stereocenters. The van der Waals surface area contributed by atoms with E-state index in [1.807, 2.05) is 52.0 Å². The highest BCUT2D eigenvalue weighted by atomic mass is 16.5. The van der Waals surface area contributed by atoms with E-state index in [1.54, 1.807) is 18.2 Å². The van der Waals surface area contributed by atoms with Crippen molar-refractivity contribution in [1.82, 2.24) is 4.90 Å². The van der Waals surface area contributed by atoms with Crippen LogP contribution in [0.4, 0.5) is 0 Å². The number of nitrogens with zero attached hydrogens (tertiary/aromatic N) is 1. The van der Waals surface area contributed by atoms with Crippen molar-refractivity contribution in [1.29, 1.82) is 0 Å². The monoisotopic (exact) mass is 479 g/mol. The van der Waals surface area contributed by atoms with Crippen LogP contribution in [0, 0.1) is 6.92 Å². The molecule has 0 radical (unpaired) electrons. The predicted molar refractivity (Wildman–Crippen MR) is 138 cm³/mol. The van der Waals surface area contributed by atoms with Crippen LogP contribution < -0.4 is 4.74 Å². The van der Waals surface area contributed by atoms with Crippen LogP contribution in [0.5, 0.6) is 5.75 Å². The van der Waals surface area contributed by atoms with Crippen LogP contribution in [-0.4, -0.2) is 47.6 Å². The van der Waals surface area contributed by atoms with Crippen LogP contribution in [0.2, 0.25) is 0 Å². The fourth-order valence-corrected chi connectivity index (χ4v) is 4.23. The molecule has 1 aliphatic heterocycles. The lowest BCUT2D eigenvalue weighted by molar-refractivity contribution is -0.140. The second-order valence-corrected chi connectivity index (χ2v) is 9.56. The van der Waals surface area contributed by atoms with Gasteiger partial charge in [-0.25, -0.2) is 0 Å². The van der Waals surface area contributed by atoms with E-state index in [0.717, 1.165) is 28.9 Å². The Morgan fingerprint density at radius 3 is 2.29 bits per heavy atom. The Hall–Kier alpha value is -3.12. The third-order valence-electron chi connectivity index (χ3n) is 6.15. The molecule has 1 fully saturated rings. The van der Waals surface area contributed by atoms with E-state index in [2.05, 4.69) is 13.8 Å². The second kappa shape index (κ2) is 11.5. The standard InChI is InChI=1S/C29H37NO5/c1-7-15-35-24-13-12-23(17-20(24)6)27(31)25-26(22-10-8-21(9-11-22)18(2)3)30(29(33)28(25)32)14-16-34-19(4)5/h8-13,17-19,26,31H,7,14-16H2,1-6H3/b27-25-. The van der Waals surface area contributed by atoms with E-state index >= 15 is 0 Å². The van der Waals surface area contributed by atoms with E-state index in [0.29, 0.717) is 24.7 Å². The lowest BCUT2D eigenvalue weighted by atomic mass is 9.93. The summed E-state index contributed by atoms with van der Waals surface area (Å²) in [6, 6.07) is 12.5. The maximum atomic E-state index is 13.2. The second-order valence-electron chi connectivity index (χ2n) is 9.56. The fraction of sp³-hybridized carbons (Fsp3) is 0.448. The van der Waals surface area contributed by atoms with Gasteiger partial charge in [0.05, 0.1) is 30.9 Å². The number of likely N-dealkylation sites (tertiary alicyclic amines) is 1. The van der Waals surface area contributed by atoms with Crippen LogP contribution in [0.25, 0.3) is 5.76 Å². The van der Waals surface area contributed by atoms with Gasteiger partial charge in [-0.2, -0.15) is 0 Å². The number of ether oxygens (including phenoxy) is 2. The summed E-state index contributed by atoms with van der Waals surface area (Å²) in [7, 11) is 0. The molecule has 0 spiro atoms. The molecular weight excluding hydrogens is 442 g/mol. The average molecular weight is 480 g/mol. The summed E-state index contributed by atoms with van der Waals surface area (Å²) in [6.07, 6.45) is 0.896. The van der Waals surface area contributed by atoms with Gasteiger partial charge < -0.3 is 19.5 Å². The van der Waals surface area contributed by atoms with Gasteiger partial charge in [-0.1, -0.05) is 45.0 Å². The third kappa shape index (κ3) is 5.93. The minimum absolute atomic E-state index is 0.00649. The van der Waals surface area contributed by atoms with Crippen molar-refractivity contribution in [3.8, 4) is 5.75 Å². The Balaban J connectivity index is 2.06. The Morgan fingerprint density at radius 2 is 1.71 bits per heavy atom. The summed E-state index contributed by atoms with van der Waals surface area (Å²) in [5.41, 5.74) is 3.36. The number of carbonyl (C=O) groups excluding carboxylic acids is 2. The van der Waals surface area contributed by atoms with E-state index in [9.17, 15) is 14.7 Å². The van der Waals surface area contributed by atoms with Crippen LogP contribution >= 0.6 is 0 Å². The highest BCUT2D eigenvalue weighted by Crippen LogP contribution is 2.40. The largest absolute Gasteiger partial charge is 0.507 e. The molecule has 0 aliphatic carbocycles. The molecule has 0 aromatic heterocycles.